The van der Waals surface area contributed by atoms with E-state index in [9.17, 15) is 20.2 Å². The van der Waals surface area contributed by atoms with Crippen LogP contribution in [0.25, 0.3) is 0 Å². The maximum Gasteiger partial charge on any atom is 0.269 e. The van der Waals surface area contributed by atoms with Gasteiger partial charge in [-0.2, -0.15) is 0 Å². The molecular formula is C28H36N2O5. The average molecular weight is 481 g/mol. The molecule has 4 rings (SSSR count). The van der Waals surface area contributed by atoms with Gasteiger partial charge in [-0.1, -0.05) is 52.4 Å². The van der Waals surface area contributed by atoms with Crippen molar-refractivity contribution in [1.82, 2.24) is 0 Å². The van der Waals surface area contributed by atoms with Crippen molar-refractivity contribution in [3.05, 3.63) is 67.8 Å². The predicted octanol–water partition coefficient (Wildman–Crippen LogP) is 8.32. The molecule has 2 aromatic carbocycles. The molecule has 7 nitrogen and oxygen atoms in total. The molecule has 2 aliphatic carbocycles. The van der Waals surface area contributed by atoms with Gasteiger partial charge in [-0.05, 0) is 61.5 Å². The summed E-state index contributed by atoms with van der Waals surface area (Å²) in [4.78, 5) is 22.3. The topological polar surface area (TPSA) is 95.5 Å². The Balaban J connectivity index is 1.69. The summed E-state index contributed by atoms with van der Waals surface area (Å²) in [6.45, 7) is 4.52. The van der Waals surface area contributed by atoms with E-state index in [0.29, 0.717) is 24.3 Å². The Morgan fingerprint density at radius 2 is 1.06 bits per heavy atom. The van der Waals surface area contributed by atoms with Gasteiger partial charge in [-0.3, -0.25) is 20.2 Å². The summed E-state index contributed by atoms with van der Waals surface area (Å²) in [6.07, 6.45) is 13.0. The molecule has 0 heterocycles. The SMILES string of the molecule is CC1(Cc2cc([N+](=O)[O-])ccc2Oc2ccc([N+](=O)[O-])cc2CC2(C)CCCCC2)CCCCC1. The molecule has 0 aromatic heterocycles. The van der Waals surface area contributed by atoms with Gasteiger partial charge in [0.15, 0.2) is 0 Å². The van der Waals surface area contributed by atoms with Crippen molar-refractivity contribution in [1.29, 1.82) is 0 Å². The van der Waals surface area contributed by atoms with Crippen molar-refractivity contribution in [2.45, 2.75) is 90.9 Å². The molecule has 0 radical (unpaired) electrons. The van der Waals surface area contributed by atoms with Crippen LogP contribution in [0.15, 0.2) is 36.4 Å². The molecule has 188 valence electrons. The molecule has 2 aliphatic rings. The molecule has 2 aromatic rings. The molecule has 35 heavy (non-hydrogen) atoms. The Hall–Kier alpha value is -2.96. The zero-order valence-corrected chi connectivity index (χ0v) is 20.9. The highest BCUT2D eigenvalue weighted by Crippen LogP contribution is 2.44. The molecular weight excluding hydrogens is 444 g/mol. The highest BCUT2D eigenvalue weighted by Gasteiger charge is 2.31. The normalized spacial score (nSPS) is 19.1. The van der Waals surface area contributed by atoms with Gasteiger partial charge in [0.25, 0.3) is 11.4 Å². The third-order valence-corrected chi connectivity index (χ3v) is 8.09. The van der Waals surface area contributed by atoms with Crippen LogP contribution in [-0.2, 0) is 12.8 Å². The molecule has 0 spiro atoms. The van der Waals surface area contributed by atoms with E-state index in [-0.39, 0.29) is 32.1 Å². The van der Waals surface area contributed by atoms with Gasteiger partial charge < -0.3 is 4.74 Å². The number of benzene rings is 2. The Bertz CT molecular complexity index is 999. The van der Waals surface area contributed by atoms with Gasteiger partial charge in [-0.25, -0.2) is 0 Å². The maximum atomic E-state index is 11.5. The van der Waals surface area contributed by atoms with Gasteiger partial charge in [0.05, 0.1) is 9.85 Å². The summed E-state index contributed by atoms with van der Waals surface area (Å²) in [7, 11) is 0. The van der Waals surface area contributed by atoms with Crippen molar-refractivity contribution < 1.29 is 14.6 Å². The van der Waals surface area contributed by atoms with Crippen molar-refractivity contribution >= 4 is 11.4 Å². The number of nitro groups is 2. The average Bonchev–Trinajstić information content (AvgIpc) is 2.81. The van der Waals surface area contributed by atoms with Gasteiger partial charge in [-0.15, -0.1) is 0 Å². The number of hydrogen-bond donors (Lipinski definition) is 0. The Morgan fingerprint density at radius 3 is 1.40 bits per heavy atom. The summed E-state index contributed by atoms with van der Waals surface area (Å²) >= 11 is 0. The lowest BCUT2D eigenvalue weighted by Crippen LogP contribution is -2.23. The molecule has 0 bridgehead atoms. The minimum Gasteiger partial charge on any atom is -0.457 e. The van der Waals surface area contributed by atoms with Crippen LogP contribution in [0.4, 0.5) is 11.4 Å². The second kappa shape index (κ2) is 10.3. The fraction of sp³-hybridized carbons (Fsp3) is 0.571. The van der Waals surface area contributed by atoms with E-state index in [1.165, 1.54) is 50.7 Å². The fourth-order valence-electron chi connectivity index (χ4n) is 6.04. The molecule has 2 fully saturated rings. The molecule has 0 N–H and O–H groups in total. The summed E-state index contributed by atoms with van der Waals surface area (Å²) in [5, 5.41) is 23.0. The van der Waals surface area contributed by atoms with Crippen LogP contribution < -0.4 is 4.74 Å². The van der Waals surface area contributed by atoms with E-state index < -0.39 is 0 Å². The largest absolute Gasteiger partial charge is 0.457 e. The minimum absolute atomic E-state index is 0.0606. The van der Waals surface area contributed by atoms with Gasteiger partial charge in [0.1, 0.15) is 11.5 Å². The van der Waals surface area contributed by atoms with Crippen LogP contribution in [-0.4, -0.2) is 9.85 Å². The zero-order valence-electron chi connectivity index (χ0n) is 20.9. The number of rotatable bonds is 8. The first-order chi connectivity index (χ1) is 16.7. The Morgan fingerprint density at radius 1 is 0.686 bits per heavy atom. The van der Waals surface area contributed by atoms with E-state index in [1.807, 2.05) is 0 Å². The van der Waals surface area contributed by atoms with E-state index in [1.54, 1.807) is 24.3 Å². The molecule has 0 amide bonds. The van der Waals surface area contributed by atoms with Crippen molar-refractivity contribution in [2.75, 3.05) is 0 Å². The van der Waals surface area contributed by atoms with Crippen LogP contribution in [0.5, 0.6) is 11.5 Å². The number of nitrogens with zero attached hydrogens (tertiary/aromatic N) is 2. The summed E-state index contributed by atoms with van der Waals surface area (Å²) < 4.78 is 6.44. The van der Waals surface area contributed by atoms with Crippen LogP contribution in [0.1, 0.15) is 89.2 Å². The first kappa shape index (κ1) is 25.1. The van der Waals surface area contributed by atoms with E-state index in [0.717, 1.165) is 36.8 Å². The third-order valence-electron chi connectivity index (χ3n) is 8.09. The smallest absolute Gasteiger partial charge is 0.269 e. The predicted molar refractivity (Wildman–Crippen MR) is 136 cm³/mol. The molecule has 2 saturated carbocycles. The first-order valence-electron chi connectivity index (χ1n) is 12.9. The molecule has 0 unspecified atom stereocenters. The third kappa shape index (κ3) is 6.19. The molecule has 7 heteroatoms. The molecule has 0 aliphatic heterocycles. The van der Waals surface area contributed by atoms with Gasteiger partial charge in [0.2, 0.25) is 0 Å². The van der Waals surface area contributed by atoms with Crippen LogP contribution in [0.2, 0.25) is 0 Å². The second-order valence-corrected chi connectivity index (χ2v) is 11.3. The number of nitro benzene ring substituents is 2. The monoisotopic (exact) mass is 480 g/mol. The lowest BCUT2D eigenvalue weighted by Gasteiger charge is -2.34. The van der Waals surface area contributed by atoms with Gasteiger partial charge in [0, 0.05) is 35.4 Å². The van der Waals surface area contributed by atoms with E-state index in [4.69, 9.17) is 4.74 Å². The Labute approximate surface area is 207 Å². The second-order valence-electron chi connectivity index (χ2n) is 11.3. The van der Waals surface area contributed by atoms with Crippen LogP contribution in [0, 0.1) is 31.1 Å². The highest BCUT2D eigenvalue weighted by atomic mass is 16.6. The quantitative estimate of drug-likeness (QED) is 0.279. The van der Waals surface area contributed by atoms with Crippen molar-refractivity contribution in [2.24, 2.45) is 10.8 Å². The number of hydrogen-bond acceptors (Lipinski definition) is 5. The number of ether oxygens (including phenoxy) is 1. The lowest BCUT2D eigenvalue weighted by atomic mass is 9.71. The molecule has 0 saturated heterocycles. The Kier molecular flexibility index (Phi) is 7.43. The van der Waals surface area contributed by atoms with Crippen molar-refractivity contribution in [3.63, 3.8) is 0 Å². The van der Waals surface area contributed by atoms with E-state index >= 15 is 0 Å². The summed E-state index contributed by atoms with van der Waals surface area (Å²) in [5.41, 5.74) is 1.95. The standard InChI is InChI=1S/C28H36N2O5/c1-27(13-5-3-6-14-27)19-21-17-23(29(31)32)9-11-25(21)35-26-12-10-24(30(33)34)18-22(26)20-28(2)15-7-4-8-16-28/h9-12,17-18H,3-8,13-16,19-20H2,1-2H3. The van der Waals surface area contributed by atoms with Crippen LogP contribution in [0.3, 0.4) is 0 Å². The minimum atomic E-state index is -0.363. The summed E-state index contributed by atoms with van der Waals surface area (Å²) in [6, 6.07) is 9.62. The van der Waals surface area contributed by atoms with Gasteiger partial charge >= 0.3 is 0 Å². The van der Waals surface area contributed by atoms with Crippen molar-refractivity contribution in [3.8, 4) is 11.5 Å². The van der Waals surface area contributed by atoms with Crippen LogP contribution >= 0.6 is 0 Å². The van der Waals surface area contributed by atoms with E-state index in [2.05, 4.69) is 13.8 Å². The summed E-state index contributed by atoms with van der Waals surface area (Å²) in [5.74, 6) is 1.21. The first-order valence-corrected chi connectivity index (χ1v) is 12.9. The zero-order chi connectivity index (χ0) is 25.1. The lowest BCUT2D eigenvalue weighted by molar-refractivity contribution is -0.385. The fourth-order valence-corrected chi connectivity index (χ4v) is 6.04. The molecule has 0 atom stereocenters. The highest BCUT2D eigenvalue weighted by molar-refractivity contribution is 5.50. The maximum absolute atomic E-state index is 11.5. The number of non-ortho nitro benzene ring substituents is 2.